The van der Waals surface area contributed by atoms with Crippen molar-refractivity contribution in [3.63, 3.8) is 0 Å². The number of rotatable bonds is 1. The highest BCUT2D eigenvalue weighted by molar-refractivity contribution is 9.10. The summed E-state index contributed by atoms with van der Waals surface area (Å²) in [4.78, 5) is 14.5. The molecule has 0 bridgehead atoms. The second-order valence-electron chi connectivity index (χ2n) is 2.22. The zero-order valence-electron chi connectivity index (χ0n) is 5.94. The van der Waals surface area contributed by atoms with Gasteiger partial charge in [-0.3, -0.25) is 4.79 Å². The molecule has 4 nitrogen and oxygen atoms in total. The molecular formula is C7H4BrN3O. The van der Waals surface area contributed by atoms with Crippen molar-refractivity contribution in [2.75, 3.05) is 0 Å². The topological polar surface area (TPSA) is 47.3 Å². The predicted molar refractivity (Wildman–Crippen MR) is 46.1 cm³/mol. The van der Waals surface area contributed by atoms with Gasteiger partial charge in [0.25, 0.3) is 0 Å². The van der Waals surface area contributed by atoms with Crippen LogP contribution in [-0.4, -0.2) is 20.9 Å². The summed E-state index contributed by atoms with van der Waals surface area (Å²) in [5.74, 6) is 0. The van der Waals surface area contributed by atoms with Gasteiger partial charge in [-0.25, -0.2) is 9.50 Å². The van der Waals surface area contributed by atoms with Crippen LogP contribution in [0.4, 0.5) is 0 Å². The molecule has 0 aromatic carbocycles. The SMILES string of the molecule is O=Cc1ccc(Br)c2ncnn12. The van der Waals surface area contributed by atoms with E-state index in [4.69, 9.17) is 0 Å². The second-order valence-corrected chi connectivity index (χ2v) is 3.07. The fourth-order valence-electron chi connectivity index (χ4n) is 0.986. The molecule has 2 aromatic heterocycles. The van der Waals surface area contributed by atoms with Crippen LogP contribution in [0.15, 0.2) is 22.9 Å². The smallest absolute Gasteiger partial charge is 0.170 e. The number of hydrogen-bond acceptors (Lipinski definition) is 3. The summed E-state index contributed by atoms with van der Waals surface area (Å²) in [6.45, 7) is 0. The van der Waals surface area contributed by atoms with Gasteiger partial charge in [0, 0.05) is 0 Å². The van der Waals surface area contributed by atoms with Crippen LogP contribution in [-0.2, 0) is 0 Å². The van der Waals surface area contributed by atoms with Gasteiger partial charge in [0.1, 0.15) is 12.0 Å². The fraction of sp³-hybridized carbons (Fsp3) is 0. The summed E-state index contributed by atoms with van der Waals surface area (Å²) in [7, 11) is 0. The molecule has 5 heteroatoms. The van der Waals surface area contributed by atoms with Gasteiger partial charge in [-0.2, -0.15) is 5.10 Å². The first kappa shape index (κ1) is 7.42. The maximum Gasteiger partial charge on any atom is 0.170 e. The van der Waals surface area contributed by atoms with Gasteiger partial charge in [-0.15, -0.1) is 0 Å². The Bertz CT molecular complexity index is 437. The van der Waals surface area contributed by atoms with Gasteiger partial charge in [0.05, 0.1) is 4.47 Å². The van der Waals surface area contributed by atoms with Crippen LogP contribution in [0.5, 0.6) is 0 Å². The van der Waals surface area contributed by atoms with Crippen molar-refractivity contribution in [3.8, 4) is 0 Å². The molecule has 0 spiro atoms. The van der Waals surface area contributed by atoms with Gasteiger partial charge in [0.2, 0.25) is 0 Å². The third-order valence-electron chi connectivity index (χ3n) is 1.53. The Balaban J connectivity index is 2.91. The van der Waals surface area contributed by atoms with E-state index in [-0.39, 0.29) is 0 Å². The number of carbonyl (C=O) groups excluding carboxylic acids is 1. The van der Waals surface area contributed by atoms with Crippen molar-refractivity contribution in [1.82, 2.24) is 14.6 Å². The number of aromatic nitrogens is 3. The molecule has 0 aliphatic rings. The normalized spacial score (nSPS) is 10.4. The number of carbonyl (C=O) groups is 1. The highest BCUT2D eigenvalue weighted by Gasteiger charge is 2.03. The van der Waals surface area contributed by atoms with E-state index in [1.165, 1.54) is 10.8 Å². The highest BCUT2D eigenvalue weighted by Crippen LogP contribution is 2.15. The van der Waals surface area contributed by atoms with E-state index >= 15 is 0 Å². The summed E-state index contributed by atoms with van der Waals surface area (Å²) in [6.07, 6.45) is 2.15. The molecule has 0 amide bonds. The van der Waals surface area contributed by atoms with Crippen molar-refractivity contribution in [2.45, 2.75) is 0 Å². The lowest BCUT2D eigenvalue weighted by atomic mass is 10.4. The van der Waals surface area contributed by atoms with Crippen LogP contribution in [0.3, 0.4) is 0 Å². The van der Waals surface area contributed by atoms with Gasteiger partial charge in [0.15, 0.2) is 11.9 Å². The highest BCUT2D eigenvalue weighted by atomic mass is 79.9. The summed E-state index contributed by atoms with van der Waals surface area (Å²) in [5.41, 5.74) is 1.14. The van der Waals surface area contributed by atoms with E-state index in [2.05, 4.69) is 26.0 Å². The zero-order valence-corrected chi connectivity index (χ0v) is 7.52. The monoisotopic (exact) mass is 225 g/mol. The molecule has 0 saturated heterocycles. The largest absolute Gasteiger partial charge is 0.296 e. The van der Waals surface area contributed by atoms with Crippen molar-refractivity contribution in [3.05, 3.63) is 28.6 Å². The second kappa shape index (κ2) is 2.67. The number of halogens is 1. The molecule has 0 saturated carbocycles. The average Bonchev–Trinajstić information content (AvgIpc) is 2.54. The number of pyridine rings is 1. The molecule has 0 unspecified atom stereocenters. The summed E-state index contributed by atoms with van der Waals surface area (Å²) in [6, 6.07) is 3.45. The quantitative estimate of drug-likeness (QED) is 0.688. The Labute approximate surface area is 76.4 Å². The van der Waals surface area contributed by atoms with Gasteiger partial charge in [-0.05, 0) is 28.1 Å². The molecule has 0 aliphatic heterocycles. The molecule has 0 N–H and O–H groups in total. The Morgan fingerprint density at radius 1 is 1.50 bits per heavy atom. The van der Waals surface area contributed by atoms with Crippen LogP contribution < -0.4 is 0 Å². The third-order valence-corrected chi connectivity index (χ3v) is 2.15. The lowest BCUT2D eigenvalue weighted by Crippen LogP contribution is -1.96. The molecule has 0 fully saturated rings. The van der Waals surface area contributed by atoms with Gasteiger partial charge in [-0.1, -0.05) is 0 Å². The van der Waals surface area contributed by atoms with Crippen LogP contribution in [0.1, 0.15) is 10.5 Å². The summed E-state index contributed by atoms with van der Waals surface area (Å²) < 4.78 is 2.31. The standard InChI is InChI=1S/C7H4BrN3O/c8-6-2-1-5(3-12)11-7(6)9-4-10-11/h1-4H. The molecule has 60 valence electrons. The molecule has 0 aliphatic carbocycles. The minimum absolute atomic E-state index is 0.491. The minimum atomic E-state index is 0.491. The van der Waals surface area contributed by atoms with Gasteiger partial charge < -0.3 is 0 Å². The molecule has 2 rings (SSSR count). The van der Waals surface area contributed by atoms with Crippen LogP contribution in [0.2, 0.25) is 0 Å². The van der Waals surface area contributed by atoms with Crippen LogP contribution >= 0.6 is 15.9 Å². The Morgan fingerprint density at radius 3 is 3.08 bits per heavy atom. The summed E-state index contributed by atoms with van der Waals surface area (Å²) in [5, 5.41) is 3.89. The fourth-order valence-corrected chi connectivity index (χ4v) is 1.39. The van der Waals surface area contributed by atoms with Crippen molar-refractivity contribution < 1.29 is 4.79 Å². The molecule has 2 aromatic rings. The number of aldehydes is 1. The number of hydrogen-bond donors (Lipinski definition) is 0. The Hall–Kier alpha value is -1.23. The predicted octanol–water partition coefficient (Wildman–Crippen LogP) is 1.30. The van der Waals surface area contributed by atoms with E-state index in [1.54, 1.807) is 12.1 Å². The van der Waals surface area contributed by atoms with E-state index in [0.29, 0.717) is 11.3 Å². The maximum absolute atomic E-state index is 10.5. The first-order valence-electron chi connectivity index (χ1n) is 3.26. The molecule has 0 radical (unpaired) electrons. The van der Waals surface area contributed by atoms with Crippen LogP contribution in [0.25, 0.3) is 5.65 Å². The lowest BCUT2D eigenvalue weighted by molar-refractivity contribution is 0.111. The molecule has 0 atom stereocenters. The van der Waals surface area contributed by atoms with E-state index in [9.17, 15) is 4.79 Å². The van der Waals surface area contributed by atoms with Crippen LogP contribution in [0, 0.1) is 0 Å². The summed E-state index contributed by atoms with van der Waals surface area (Å²) >= 11 is 3.30. The first-order valence-corrected chi connectivity index (χ1v) is 4.05. The van der Waals surface area contributed by atoms with Crippen molar-refractivity contribution in [1.29, 1.82) is 0 Å². The van der Waals surface area contributed by atoms with E-state index < -0.39 is 0 Å². The number of fused-ring (bicyclic) bond motifs is 1. The van der Waals surface area contributed by atoms with Gasteiger partial charge >= 0.3 is 0 Å². The van der Waals surface area contributed by atoms with E-state index in [0.717, 1.165) is 10.8 Å². The molecule has 12 heavy (non-hydrogen) atoms. The number of nitrogens with zero attached hydrogens (tertiary/aromatic N) is 3. The van der Waals surface area contributed by atoms with E-state index in [1.807, 2.05) is 0 Å². The van der Waals surface area contributed by atoms with Crippen molar-refractivity contribution >= 4 is 27.9 Å². The molecule has 2 heterocycles. The maximum atomic E-state index is 10.5. The Kier molecular flexibility index (Phi) is 1.65. The average molecular weight is 226 g/mol. The Morgan fingerprint density at radius 2 is 2.33 bits per heavy atom. The minimum Gasteiger partial charge on any atom is -0.296 e. The van der Waals surface area contributed by atoms with Crippen molar-refractivity contribution in [2.24, 2.45) is 0 Å². The lowest BCUT2D eigenvalue weighted by Gasteiger charge is -1.96. The zero-order chi connectivity index (χ0) is 8.55. The molecular weight excluding hydrogens is 222 g/mol. The first-order chi connectivity index (χ1) is 5.83. The third kappa shape index (κ3) is 0.937.